The van der Waals surface area contributed by atoms with Crippen LogP contribution in [0.15, 0.2) is 18.2 Å². The average molecular weight is 240 g/mol. The number of carbonyl (C=O) groups is 1. The van der Waals surface area contributed by atoms with Crippen LogP contribution in [-0.2, 0) is 11.3 Å². The molecule has 1 heterocycles. The lowest BCUT2D eigenvalue weighted by Gasteiger charge is -2.29. The molecule has 0 unspecified atom stereocenters. The zero-order chi connectivity index (χ0) is 11.5. The normalized spacial score (nSPS) is 16.1. The Balaban J connectivity index is 2.22. The molecule has 0 aliphatic carbocycles. The molecule has 1 aromatic rings. The molecule has 1 aromatic carbocycles. The van der Waals surface area contributed by atoms with Crippen LogP contribution in [0, 0.1) is 0 Å². The van der Waals surface area contributed by atoms with Crippen LogP contribution >= 0.6 is 11.6 Å². The number of rotatable bonds is 2. The molecule has 5 heteroatoms. The number of hydrogen-bond acceptors (Lipinski definition) is 3. The fraction of sp³-hybridized carbons (Fsp3) is 0.364. The van der Waals surface area contributed by atoms with Crippen molar-refractivity contribution >= 4 is 23.2 Å². The van der Waals surface area contributed by atoms with Crippen molar-refractivity contribution in [2.45, 2.75) is 6.54 Å². The van der Waals surface area contributed by atoms with Gasteiger partial charge in [-0.3, -0.25) is 4.79 Å². The van der Waals surface area contributed by atoms with Gasteiger partial charge in [0.2, 0.25) is 5.91 Å². The molecule has 3 N–H and O–H groups in total. The summed E-state index contributed by atoms with van der Waals surface area (Å²) in [6.07, 6.45) is 0. The Hall–Kier alpha value is -1.26. The van der Waals surface area contributed by atoms with Crippen molar-refractivity contribution in [3.05, 3.63) is 28.8 Å². The minimum absolute atomic E-state index is 0.0326. The third-order valence-electron chi connectivity index (χ3n) is 2.63. The Morgan fingerprint density at radius 3 is 2.94 bits per heavy atom. The molecular formula is C11H14ClN3O. The first-order chi connectivity index (χ1) is 7.70. The Morgan fingerprint density at radius 1 is 1.50 bits per heavy atom. The number of anilines is 1. The predicted octanol–water partition coefficient (Wildman–Crippen LogP) is 0.735. The van der Waals surface area contributed by atoms with Crippen LogP contribution in [0.25, 0.3) is 0 Å². The zero-order valence-corrected chi connectivity index (χ0v) is 9.63. The molecule has 1 aliphatic rings. The highest BCUT2D eigenvalue weighted by atomic mass is 35.5. The van der Waals surface area contributed by atoms with Crippen molar-refractivity contribution in [3.8, 4) is 0 Å². The van der Waals surface area contributed by atoms with Gasteiger partial charge in [0.25, 0.3) is 0 Å². The van der Waals surface area contributed by atoms with Crippen molar-refractivity contribution in [2.24, 2.45) is 5.73 Å². The monoisotopic (exact) mass is 239 g/mol. The van der Waals surface area contributed by atoms with E-state index in [4.69, 9.17) is 17.3 Å². The quantitative estimate of drug-likeness (QED) is 0.800. The topological polar surface area (TPSA) is 58.4 Å². The van der Waals surface area contributed by atoms with Gasteiger partial charge in [0, 0.05) is 19.6 Å². The van der Waals surface area contributed by atoms with Crippen molar-refractivity contribution in [1.29, 1.82) is 0 Å². The number of carbonyl (C=O) groups excluding carboxylic acids is 1. The summed E-state index contributed by atoms with van der Waals surface area (Å²) in [5.74, 6) is 0.0326. The Kier molecular flexibility index (Phi) is 3.31. The molecule has 1 saturated heterocycles. The molecule has 1 aliphatic heterocycles. The molecule has 0 saturated carbocycles. The van der Waals surface area contributed by atoms with Crippen LogP contribution in [-0.4, -0.2) is 25.5 Å². The van der Waals surface area contributed by atoms with Gasteiger partial charge in [0.05, 0.1) is 17.3 Å². The van der Waals surface area contributed by atoms with Gasteiger partial charge < -0.3 is 16.0 Å². The number of nitrogens with two attached hydrogens (primary N) is 1. The maximum Gasteiger partial charge on any atom is 0.239 e. The van der Waals surface area contributed by atoms with E-state index in [1.165, 1.54) is 0 Å². The molecule has 0 aromatic heterocycles. The van der Waals surface area contributed by atoms with E-state index in [9.17, 15) is 4.79 Å². The summed E-state index contributed by atoms with van der Waals surface area (Å²) in [6, 6.07) is 5.71. The summed E-state index contributed by atoms with van der Waals surface area (Å²) in [4.78, 5) is 13.2. The molecule has 86 valence electrons. The number of benzene rings is 1. The summed E-state index contributed by atoms with van der Waals surface area (Å²) in [5.41, 5.74) is 7.43. The molecule has 0 radical (unpaired) electrons. The first-order valence-electron chi connectivity index (χ1n) is 5.21. The largest absolute Gasteiger partial charge is 0.359 e. The van der Waals surface area contributed by atoms with E-state index in [1.807, 2.05) is 23.1 Å². The van der Waals surface area contributed by atoms with Crippen LogP contribution in [0.2, 0.25) is 5.02 Å². The molecule has 2 rings (SSSR count). The fourth-order valence-electron chi connectivity index (χ4n) is 1.78. The van der Waals surface area contributed by atoms with E-state index < -0.39 is 0 Å². The smallest absolute Gasteiger partial charge is 0.239 e. The first-order valence-corrected chi connectivity index (χ1v) is 5.58. The van der Waals surface area contributed by atoms with Crippen LogP contribution in [0.5, 0.6) is 0 Å². The lowest BCUT2D eigenvalue weighted by Crippen LogP contribution is -2.47. The number of piperazine rings is 1. The van der Waals surface area contributed by atoms with Crippen molar-refractivity contribution in [1.82, 2.24) is 5.32 Å². The molecule has 4 nitrogen and oxygen atoms in total. The lowest BCUT2D eigenvalue weighted by atomic mass is 10.2. The van der Waals surface area contributed by atoms with Gasteiger partial charge in [0.15, 0.2) is 0 Å². The number of halogens is 1. The molecular weight excluding hydrogens is 226 g/mol. The highest BCUT2D eigenvalue weighted by Crippen LogP contribution is 2.27. The van der Waals surface area contributed by atoms with Gasteiger partial charge in [-0.05, 0) is 17.7 Å². The molecule has 0 spiro atoms. The predicted molar refractivity (Wildman–Crippen MR) is 64.6 cm³/mol. The van der Waals surface area contributed by atoms with Gasteiger partial charge in [0.1, 0.15) is 0 Å². The highest BCUT2D eigenvalue weighted by molar-refractivity contribution is 6.33. The maximum atomic E-state index is 11.3. The van der Waals surface area contributed by atoms with E-state index in [2.05, 4.69) is 5.32 Å². The minimum Gasteiger partial charge on any atom is -0.359 e. The van der Waals surface area contributed by atoms with Gasteiger partial charge in [-0.2, -0.15) is 0 Å². The average Bonchev–Trinajstić information content (AvgIpc) is 2.28. The standard InChI is InChI=1S/C11H14ClN3O/c12-9-5-8(6-13)1-2-10(9)15-4-3-14-11(16)7-15/h1-2,5H,3-4,6-7,13H2,(H,14,16). The second-order valence-corrected chi connectivity index (χ2v) is 4.17. The summed E-state index contributed by atoms with van der Waals surface area (Å²) in [7, 11) is 0. The van der Waals surface area contributed by atoms with Crippen molar-refractivity contribution < 1.29 is 4.79 Å². The second kappa shape index (κ2) is 4.72. The first kappa shape index (κ1) is 11.2. The van der Waals surface area contributed by atoms with E-state index in [0.29, 0.717) is 24.7 Å². The summed E-state index contributed by atoms with van der Waals surface area (Å²) >= 11 is 6.16. The Bertz CT molecular complexity index is 408. The van der Waals surface area contributed by atoms with Gasteiger partial charge in [-0.25, -0.2) is 0 Å². The zero-order valence-electron chi connectivity index (χ0n) is 8.87. The third kappa shape index (κ3) is 2.28. The number of amides is 1. The number of nitrogens with zero attached hydrogens (tertiary/aromatic N) is 1. The maximum absolute atomic E-state index is 11.3. The molecule has 1 amide bonds. The van der Waals surface area contributed by atoms with Gasteiger partial charge in [-0.1, -0.05) is 17.7 Å². The fourth-order valence-corrected chi connectivity index (χ4v) is 2.10. The number of nitrogens with one attached hydrogen (secondary N) is 1. The molecule has 16 heavy (non-hydrogen) atoms. The molecule has 1 fully saturated rings. The van der Waals surface area contributed by atoms with E-state index in [-0.39, 0.29) is 5.91 Å². The van der Waals surface area contributed by atoms with Crippen LogP contribution < -0.4 is 16.0 Å². The Labute approximate surface area is 99.4 Å². The van der Waals surface area contributed by atoms with Crippen LogP contribution in [0.4, 0.5) is 5.69 Å². The number of hydrogen-bond donors (Lipinski definition) is 2. The van der Waals surface area contributed by atoms with Crippen molar-refractivity contribution in [2.75, 3.05) is 24.5 Å². The Morgan fingerprint density at radius 2 is 2.31 bits per heavy atom. The van der Waals surface area contributed by atoms with Crippen molar-refractivity contribution in [3.63, 3.8) is 0 Å². The van der Waals surface area contributed by atoms with Crippen LogP contribution in [0.3, 0.4) is 0 Å². The molecule has 0 atom stereocenters. The summed E-state index contributed by atoms with van der Waals surface area (Å²) in [6.45, 7) is 2.28. The van der Waals surface area contributed by atoms with E-state index >= 15 is 0 Å². The summed E-state index contributed by atoms with van der Waals surface area (Å²) < 4.78 is 0. The van der Waals surface area contributed by atoms with Gasteiger partial charge in [-0.15, -0.1) is 0 Å². The van der Waals surface area contributed by atoms with E-state index in [1.54, 1.807) is 0 Å². The van der Waals surface area contributed by atoms with E-state index in [0.717, 1.165) is 17.8 Å². The molecule has 0 bridgehead atoms. The third-order valence-corrected chi connectivity index (χ3v) is 2.93. The van der Waals surface area contributed by atoms with Crippen LogP contribution in [0.1, 0.15) is 5.56 Å². The lowest BCUT2D eigenvalue weighted by molar-refractivity contribution is -0.120. The SMILES string of the molecule is NCc1ccc(N2CCNC(=O)C2)c(Cl)c1. The highest BCUT2D eigenvalue weighted by Gasteiger charge is 2.18. The second-order valence-electron chi connectivity index (χ2n) is 3.76. The summed E-state index contributed by atoms with van der Waals surface area (Å²) in [5, 5.41) is 3.43. The van der Waals surface area contributed by atoms with Gasteiger partial charge >= 0.3 is 0 Å². The minimum atomic E-state index is 0.0326.